The SMILES string of the molecule is COc1ccc(-c2csc3nc(C)nc(N4CC5(C)CC4CC(C)(C)C5)c23)cc1. The molecule has 1 aliphatic heterocycles. The van der Waals surface area contributed by atoms with Gasteiger partial charge in [-0.2, -0.15) is 0 Å². The van der Waals surface area contributed by atoms with E-state index in [-0.39, 0.29) is 0 Å². The summed E-state index contributed by atoms with van der Waals surface area (Å²) in [6.45, 7) is 10.4. The number of hydrogen-bond donors (Lipinski definition) is 0. The number of thiophene rings is 1. The molecule has 0 N–H and O–H groups in total. The number of hydrogen-bond acceptors (Lipinski definition) is 5. The molecule has 1 saturated heterocycles. The van der Waals surface area contributed by atoms with E-state index in [1.54, 1.807) is 18.4 Å². The van der Waals surface area contributed by atoms with E-state index in [1.165, 1.54) is 35.8 Å². The quantitative estimate of drug-likeness (QED) is 0.527. The van der Waals surface area contributed by atoms with Crippen molar-refractivity contribution in [3.63, 3.8) is 0 Å². The number of anilines is 1. The molecule has 3 heterocycles. The lowest BCUT2D eigenvalue weighted by Crippen LogP contribution is -2.35. The first kappa shape index (κ1) is 18.9. The topological polar surface area (TPSA) is 38.3 Å². The molecular formula is C24H29N3OS. The van der Waals surface area contributed by atoms with Crippen LogP contribution in [0.1, 0.15) is 45.9 Å². The van der Waals surface area contributed by atoms with Crippen LogP contribution in [-0.2, 0) is 0 Å². The zero-order valence-electron chi connectivity index (χ0n) is 18.0. The summed E-state index contributed by atoms with van der Waals surface area (Å²) in [6, 6.07) is 8.89. The number of aryl methyl sites for hydroxylation is 1. The third-order valence-corrected chi connectivity index (χ3v) is 7.49. The van der Waals surface area contributed by atoms with Gasteiger partial charge in [-0.25, -0.2) is 9.97 Å². The summed E-state index contributed by atoms with van der Waals surface area (Å²) in [4.78, 5) is 13.5. The lowest BCUT2D eigenvalue weighted by molar-refractivity contribution is 0.136. The van der Waals surface area contributed by atoms with Crippen LogP contribution >= 0.6 is 11.3 Å². The Morgan fingerprint density at radius 1 is 1.10 bits per heavy atom. The summed E-state index contributed by atoms with van der Waals surface area (Å²) in [6.07, 6.45) is 3.79. The van der Waals surface area contributed by atoms with E-state index < -0.39 is 0 Å². The molecule has 2 unspecified atom stereocenters. The van der Waals surface area contributed by atoms with E-state index in [1.807, 2.05) is 19.1 Å². The summed E-state index contributed by atoms with van der Waals surface area (Å²) < 4.78 is 5.34. The van der Waals surface area contributed by atoms with Crippen molar-refractivity contribution in [2.75, 3.05) is 18.6 Å². The second-order valence-corrected chi connectivity index (χ2v) is 10.9. The highest BCUT2D eigenvalue weighted by Gasteiger charge is 2.50. The van der Waals surface area contributed by atoms with Gasteiger partial charge in [0.25, 0.3) is 0 Å². The Kier molecular flexibility index (Phi) is 4.18. The normalized spacial score (nSPS) is 25.6. The van der Waals surface area contributed by atoms with Gasteiger partial charge in [0.1, 0.15) is 22.2 Å². The fraction of sp³-hybridized carbons (Fsp3) is 0.500. The van der Waals surface area contributed by atoms with Gasteiger partial charge in [0.05, 0.1) is 12.5 Å². The Morgan fingerprint density at radius 2 is 1.86 bits per heavy atom. The van der Waals surface area contributed by atoms with Crippen molar-refractivity contribution >= 4 is 27.4 Å². The van der Waals surface area contributed by atoms with Crippen LogP contribution in [0.4, 0.5) is 5.82 Å². The first-order valence-electron chi connectivity index (χ1n) is 10.4. The lowest BCUT2D eigenvalue weighted by Gasteiger charge is -2.39. The molecule has 1 aliphatic carbocycles. The van der Waals surface area contributed by atoms with Gasteiger partial charge in [-0.3, -0.25) is 0 Å². The van der Waals surface area contributed by atoms with Crippen LogP contribution in [0.3, 0.4) is 0 Å². The number of methoxy groups -OCH3 is 1. The predicted octanol–water partition coefficient (Wildman–Crippen LogP) is 6.08. The molecular weight excluding hydrogens is 378 g/mol. The van der Waals surface area contributed by atoms with E-state index in [9.17, 15) is 0 Å². The molecule has 5 heteroatoms. The Labute approximate surface area is 176 Å². The summed E-state index contributed by atoms with van der Waals surface area (Å²) in [5.41, 5.74) is 3.18. The molecule has 152 valence electrons. The van der Waals surface area contributed by atoms with Gasteiger partial charge in [-0.15, -0.1) is 11.3 Å². The molecule has 2 aromatic heterocycles. The highest BCUT2D eigenvalue weighted by molar-refractivity contribution is 7.17. The first-order valence-corrected chi connectivity index (χ1v) is 11.3. The molecule has 2 fully saturated rings. The van der Waals surface area contributed by atoms with Crippen molar-refractivity contribution in [1.29, 1.82) is 0 Å². The second kappa shape index (κ2) is 6.43. The summed E-state index contributed by atoms with van der Waals surface area (Å²) in [7, 11) is 1.71. The number of ether oxygens (including phenoxy) is 1. The summed E-state index contributed by atoms with van der Waals surface area (Å²) in [5, 5.41) is 3.44. The minimum Gasteiger partial charge on any atom is -0.497 e. The highest BCUT2D eigenvalue weighted by atomic mass is 32.1. The molecule has 2 atom stereocenters. The van der Waals surface area contributed by atoms with Gasteiger partial charge < -0.3 is 9.64 Å². The largest absolute Gasteiger partial charge is 0.497 e. The van der Waals surface area contributed by atoms with E-state index in [2.05, 4.69) is 43.2 Å². The van der Waals surface area contributed by atoms with E-state index in [0.29, 0.717) is 16.9 Å². The van der Waals surface area contributed by atoms with Crippen LogP contribution in [0.15, 0.2) is 29.6 Å². The van der Waals surface area contributed by atoms with Crippen molar-refractivity contribution in [3.05, 3.63) is 35.5 Å². The second-order valence-electron chi connectivity index (χ2n) is 9.99. The first-order chi connectivity index (χ1) is 13.8. The fourth-order valence-electron chi connectivity index (χ4n) is 5.93. The summed E-state index contributed by atoms with van der Waals surface area (Å²) in [5.74, 6) is 2.87. The van der Waals surface area contributed by atoms with Crippen LogP contribution in [-0.4, -0.2) is 29.7 Å². The van der Waals surface area contributed by atoms with Crippen LogP contribution in [0.25, 0.3) is 21.3 Å². The average Bonchev–Trinajstić information content (AvgIpc) is 3.18. The maximum absolute atomic E-state index is 5.34. The third-order valence-electron chi connectivity index (χ3n) is 6.61. The zero-order chi connectivity index (χ0) is 20.4. The maximum Gasteiger partial charge on any atom is 0.142 e. The van der Waals surface area contributed by atoms with Crippen molar-refractivity contribution in [3.8, 4) is 16.9 Å². The van der Waals surface area contributed by atoms with Crippen molar-refractivity contribution < 1.29 is 4.74 Å². The number of nitrogens with zero attached hydrogens (tertiary/aromatic N) is 3. The monoisotopic (exact) mass is 407 g/mol. The molecule has 2 bridgehead atoms. The Morgan fingerprint density at radius 3 is 2.59 bits per heavy atom. The predicted molar refractivity (Wildman–Crippen MR) is 121 cm³/mol. The fourth-order valence-corrected chi connectivity index (χ4v) is 6.91. The standard InChI is InChI=1S/C24H29N3OS/c1-15-25-21(27-14-24(4)11-17(27)10-23(2,3)13-24)20-19(12-29-22(20)26-15)16-6-8-18(28-5)9-7-16/h6-9,12,17H,10-11,13-14H2,1-5H3. The minimum atomic E-state index is 0.369. The Hall–Kier alpha value is -2.14. The smallest absolute Gasteiger partial charge is 0.142 e. The van der Waals surface area contributed by atoms with Gasteiger partial charge in [0.2, 0.25) is 0 Å². The van der Waals surface area contributed by atoms with E-state index in [0.717, 1.165) is 28.8 Å². The number of rotatable bonds is 3. The average molecular weight is 408 g/mol. The number of aromatic nitrogens is 2. The lowest BCUT2D eigenvalue weighted by atomic mass is 9.65. The van der Waals surface area contributed by atoms with Crippen LogP contribution in [0, 0.1) is 17.8 Å². The minimum absolute atomic E-state index is 0.369. The highest BCUT2D eigenvalue weighted by Crippen LogP contribution is 2.54. The molecule has 1 aromatic carbocycles. The van der Waals surface area contributed by atoms with Crippen molar-refractivity contribution in [2.45, 2.75) is 53.0 Å². The van der Waals surface area contributed by atoms with Crippen molar-refractivity contribution in [2.24, 2.45) is 10.8 Å². The number of fused-ring (bicyclic) bond motifs is 3. The number of benzene rings is 1. The maximum atomic E-state index is 5.34. The van der Waals surface area contributed by atoms with Crippen LogP contribution in [0.2, 0.25) is 0 Å². The van der Waals surface area contributed by atoms with Gasteiger partial charge in [0.15, 0.2) is 0 Å². The van der Waals surface area contributed by atoms with Crippen LogP contribution < -0.4 is 9.64 Å². The van der Waals surface area contributed by atoms with Gasteiger partial charge >= 0.3 is 0 Å². The van der Waals surface area contributed by atoms with Gasteiger partial charge in [0, 0.05) is 23.5 Å². The molecule has 3 aromatic rings. The van der Waals surface area contributed by atoms with E-state index in [4.69, 9.17) is 14.7 Å². The molecule has 0 amide bonds. The van der Waals surface area contributed by atoms with Crippen molar-refractivity contribution in [1.82, 2.24) is 9.97 Å². The molecule has 1 saturated carbocycles. The summed E-state index contributed by atoms with van der Waals surface area (Å²) >= 11 is 1.72. The Balaban J connectivity index is 1.65. The molecule has 2 aliphatic rings. The molecule has 5 rings (SSSR count). The van der Waals surface area contributed by atoms with Crippen LogP contribution in [0.5, 0.6) is 5.75 Å². The van der Waals surface area contributed by atoms with E-state index >= 15 is 0 Å². The zero-order valence-corrected chi connectivity index (χ0v) is 18.8. The molecule has 4 nitrogen and oxygen atoms in total. The Bertz CT molecular complexity index is 1070. The molecule has 29 heavy (non-hydrogen) atoms. The molecule has 0 spiro atoms. The van der Waals surface area contributed by atoms with Gasteiger partial charge in [-0.05, 0) is 54.7 Å². The van der Waals surface area contributed by atoms with Gasteiger partial charge in [-0.1, -0.05) is 32.9 Å². The molecule has 0 radical (unpaired) electrons. The third kappa shape index (κ3) is 3.20.